The fourth-order valence-electron chi connectivity index (χ4n) is 3.00. The fourth-order valence-corrected chi connectivity index (χ4v) is 4.37. The van der Waals surface area contributed by atoms with E-state index in [9.17, 15) is 8.42 Å². The van der Waals surface area contributed by atoms with Gasteiger partial charge in [-0.1, -0.05) is 0 Å². The van der Waals surface area contributed by atoms with Crippen LogP contribution in [0.4, 0.5) is 0 Å². The highest BCUT2D eigenvalue weighted by atomic mass is 32.2. The number of piperidine rings is 1. The number of morpholine rings is 1. The van der Waals surface area contributed by atoms with Crippen LogP contribution in [0.3, 0.4) is 0 Å². The first kappa shape index (κ1) is 15.0. The van der Waals surface area contributed by atoms with E-state index in [-0.39, 0.29) is 5.03 Å². The van der Waals surface area contributed by atoms with E-state index in [1.54, 1.807) is 4.31 Å². The van der Waals surface area contributed by atoms with Gasteiger partial charge in [0.1, 0.15) is 0 Å². The first-order chi connectivity index (χ1) is 10.2. The van der Waals surface area contributed by atoms with Gasteiger partial charge in [0.2, 0.25) is 0 Å². The molecule has 3 heterocycles. The predicted molar refractivity (Wildman–Crippen MR) is 77.3 cm³/mol. The average Bonchev–Trinajstić information content (AvgIpc) is 3.04. The Morgan fingerprint density at radius 1 is 1.24 bits per heavy atom. The maximum Gasteiger partial charge on any atom is 0.260 e. The number of nitrogens with one attached hydrogen (secondary N) is 1. The van der Waals surface area contributed by atoms with Crippen LogP contribution in [-0.2, 0) is 14.8 Å². The molecule has 0 saturated carbocycles. The second kappa shape index (κ2) is 6.43. The molecular weight excluding hydrogens is 292 g/mol. The molecule has 7 nitrogen and oxygen atoms in total. The second-order valence-electron chi connectivity index (χ2n) is 5.68. The second-order valence-corrected chi connectivity index (χ2v) is 7.58. The number of hydrogen-bond donors (Lipinski definition) is 1. The third kappa shape index (κ3) is 3.45. The van der Waals surface area contributed by atoms with Crippen LogP contribution in [0.2, 0.25) is 0 Å². The molecule has 0 aliphatic carbocycles. The molecule has 2 aliphatic rings. The van der Waals surface area contributed by atoms with Crippen LogP contribution in [0.1, 0.15) is 12.8 Å². The van der Waals surface area contributed by atoms with Gasteiger partial charge in [-0.3, -0.25) is 4.90 Å². The van der Waals surface area contributed by atoms with E-state index < -0.39 is 10.0 Å². The third-order valence-electron chi connectivity index (χ3n) is 4.28. The zero-order chi connectivity index (χ0) is 14.7. The highest BCUT2D eigenvalue weighted by Gasteiger charge is 2.31. The largest absolute Gasteiger partial charge is 0.379 e. The molecule has 0 unspecified atom stereocenters. The van der Waals surface area contributed by atoms with E-state index in [2.05, 4.69) is 14.9 Å². The van der Waals surface area contributed by atoms with Crippen LogP contribution in [-0.4, -0.2) is 73.5 Å². The Morgan fingerprint density at radius 3 is 2.57 bits per heavy atom. The first-order valence-electron chi connectivity index (χ1n) is 7.45. The Kier molecular flexibility index (Phi) is 4.58. The van der Waals surface area contributed by atoms with Crippen molar-refractivity contribution in [2.45, 2.75) is 17.9 Å². The van der Waals surface area contributed by atoms with Crippen molar-refractivity contribution in [1.82, 2.24) is 19.2 Å². The lowest BCUT2D eigenvalue weighted by atomic mass is 9.97. The number of aromatic amines is 1. The Morgan fingerprint density at radius 2 is 1.95 bits per heavy atom. The number of sulfonamides is 1. The average molecular weight is 314 g/mol. The SMILES string of the molecule is O=S(=O)(c1cnc[nH]1)N1CCC(CN2CCOCC2)CC1. The molecule has 0 bridgehead atoms. The van der Waals surface area contributed by atoms with Crippen LogP contribution in [0, 0.1) is 5.92 Å². The lowest BCUT2D eigenvalue weighted by molar-refractivity contribution is 0.0269. The normalized spacial score (nSPS) is 23.4. The molecule has 0 amide bonds. The van der Waals surface area contributed by atoms with Crippen molar-refractivity contribution in [1.29, 1.82) is 0 Å². The van der Waals surface area contributed by atoms with Crippen LogP contribution < -0.4 is 0 Å². The van der Waals surface area contributed by atoms with Gasteiger partial charge in [0, 0.05) is 32.7 Å². The number of nitrogens with zero attached hydrogens (tertiary/aromatic N) is 3. The van der Waals surface area contributed by atoms with Crippen molar-refractivity contribution in [3.63, 3.8) is 0 Å². The maximum atomic E-state index is 12.4. The first-order valence-corrected chi connectivity index (χ1v) is 8.89. The minimum absolute atomic E-state index is 0.189. The van der Waals surface area contributed by atoms with Crippen LogP contribution in [0.15, 0.2) is 17.6 Å². The quantitative estimate of drug-likeness (QED) is 0.855. The fraction of sp³-hybridized carbons (Fsp3) is 0.769. The van der Waals surface area contributed by atoms with Gasteiger partial charge >= 0.3 is 0 Å². The topological polar surface area (TPSA) is 78.5 Å². The molecule has 2 aliphatic heterocycles. The summed E-state index contributed by atoms with van der Waals surface area (Å²) in [7, 11) is -3.39. The molecule has 21 heavy (non-hydrogen) atoms. The highest BCUT2D eigenvalue weighted by molar-refractivity contribution is 7.89. The molecule has 0 aromatic carbocycles. The number of imidazole rings is 1. The number of aromatic nitrogens is 2. The number of hydrogen-bond acceptors (Lipinski definition) is 5. The van der Waals surface area contributed by atoms with Crippen molar-refractivity contribution < 1.29 is 13.2 Å². The minimum atomic E-state index is -3.39. The molecule has 3 rings (SSSR count). The summed E-state index contributed by atoms with van der Waals surface area (Å²) in [5.74, 6) is 0.580. The van der Waals surface area contributed by atoms with Crippen molar-refractivity contribution >= 4 is 10.0 Å². The van der Waals surface area contributed by atoms with Crippen molar-refractivity contribution in [3.05, 3.63) is 12.5 Å². The molecule has 0 radical (unpaired) electrons. The van der Waals surface area contributed by atoms with E-state index >= 15 is 0 Å². The highest BCUT2D eigenvalue weighted by Crippen LogP contribution is 2.23. The Balaban J connectivity index is 1.53. The summed E-state index contributed by atoms with van der Waals surface area (Å²) in [5, 5.41) is 0.189. The molecule has 2 fully saturated rings. The molecule has 0 spiro atoms. The molecule has 1 N–H and O–H groups in total. The molecular formula is C13H22N4O3S. The molecule has 2 saturated heterocycles. The standard InChI is InChI=1S/C13H22N4O3S/c18-21(19,13-9-14-11-15-13)17-3-1-12(2-4-17)10-16-5-7-20-8-6-16/h9,11-12H,1-8,10H2,(H,14,15). The molecule has 0 atom stereocenters. The van der Waals surface area contributed by atoms with Gasteiger partial charge in [-0.2, -0.15) is 4.31 Å². The third-order valence-corrected chi connectivity index (χ3v) is 6.11. The van der Waals surface area contributed by atoms with Crippen molar-refractivity contribution in [2.75, 3.05) is 45.9 Å². The van der Waals surface area contributed by atoms with Gasteiger partial charge < -0.3 is 9.72 Å². The summed E-state index contributed by atoms with van der Waals surface area (Å²) in [5.41, 5.74) is 0. The van der Waals surface area contributed by atoms with Crippen molar-refractivity contribution in [2.24, 2.45) is 5.92 Å². The molecule has 1 aromatic rings. The van der Waals surface area contributed by atoms with Gasteiger partial charge in [0.05, 0.1) is 25.7 Å². The molecule has 8 heteroatoms. The summed E-state index contributed by atoms with van der Waals surface area (Å²) in [6.45, 7) is 5.85. The van der Waals surface area contributed by atoms with E-state index in [0.29, 0.717) is 19.0 Å². The number of rotatable bonds is 4. The summed E-state index contributed by atoms with van der Waals surface area (Å²) < 4.78 is 31.7. The van der Waals surface area contributed by atoms with Gasteiger partial charge in [0.15, 0.2) is 5.03 Å². The summed E-state index contributed by atoms with van der Waals surface area (Å²) in [6.07, 6.45) is 4.61. The van der Waals surface area contributed by atoms with Crippen LogP contribution in [0.25, 0.3) is 0 Å². The minimum Gasteiger partial charge on any atom is -0.379 e. The lowest BCUT2D eigenvalue weighted by Crippen LogP contribution is -2.44. The smallest absolute Gasteiger partial charge is 0.260 e. The van der Waals surface area contributed by atoms with E-state index in [0.717, 1.165) is 45.7 Å². The molecule has 1 aromatic heterocycles. The van der Waals surface area contributed by atoms with Gasteiger partial charge in [-0.15, -0.1) is 0 Å². The van der Waals surface area contributed by atoms with Crippen LogP contribution in [0.5, 0.6) is 0 Å². The number of H-pyrrole nitrogens is 1. The Labute approximate surface area is 125 Å². The zero-order valence-electron chi connectivity index (χ0n) is 12.1. The van der Waals surface area contributed by atoms with E-state index in [1.807, 2.05) is 0 Å². The molecule has 118 valence electrons. The van der Waals surface area contributed by atoms with Crippen molar-refractivity contribution in [3.8, 4) is 0 Å². The van der Waals surface area contributed by atoms with E-state index in [1.165, 1.54) is 12.5 Å². The Bertz CT molecular complexity index is 532. The van der Waals surface area contributed by atoms with Crippen LogP contribution >= 0.6 is 0 Å². The number of ether oxygens (including phenoxy) is 1. The van der Waals surface area contributed by atoms with Gasteiger partial charge in [0.25, 0.3) is 10.0 Å². The zero-order valence-corrected chi connectivity index (χ0v) is 12.9. The lowest BCUT2D eigenvalue weighted by Gasteiger charge is -2.35. The van der Waals surface area contributed by atoms with Gasteiger partial charge in [-0.25, -0.2) is 13.4 Å². The summed E-state index contributed by atoms with van der Waals surface area (Å²) >= 11 is 0. The Hall–Kier alpha value is -0.960. The predicted octanol–water partition coefficient (Wildman–Crippen LogP) is 0.143. The van der Waals surface area contributed by atoms with E-state index in [4.69, 9.17) is 4.74 Å². The maximum absolute atomic E-state index is 12.4. The summed E-state index contributed by atoms with van der Waals surface area (Å²) in [4.78, 5) is 8.91. The summed E-state index contributed by atoms with van der Waals surface area (Å²) in [6, 6.07) is 0. The monoisotopic (exact) mass is 314 g/mol. The van der Waals surface area contributed by atoms with Gasteiger partial charge in [-0.05, 0) is 18.8 Å².